The molecule has 0 bridgehead atoms. The van der Waals surface area contributed by atoms with Crippen molar-refractivity contribution in [3.63, 3.8) is 0 Å². The number of carbonyl (C=O) groups is 1. The molecule has 3 aromatic carbocycles. The number of nitrogens with zero attached hydrogens (tertiary/aromatic N) is 1. The zero-order chi connectivity index (χ0) is 24.6. The maximum absolute atomic E-state index is 12.2. The van der Waals surface area contributed by atoms with Crippen molar-refractivity contribution in [2.45, 2.75) is 44.9 Å². The molecule has 0 amide bonds. The van der Waals surface area contributed by atoms with Gasteiger partial charge in [0.05, 0.1) is 19.8 Å². The molecule has 0 aromatic heterocycles. The molecule has 0 radical (unpaired) electrons. The van der Waals surface area contributed by atoms with E-state index in [2.05, 4.69) is 4.90 Å². The molecule has 0 spiro atoms. The van der Waals surface area contributed by atoms with Crippen LogP contribution in [0.1, 0.15) is 48.9 Å². The molecule has 2 atom stereocenters. The number of piperidine rings is 1. The number of hydrogen-bond donors (Lipinski definition) is 1. The molecule has 1 saturated heterocycles. The second-order valence-corrected chi connectivity index (χ2v) is 8.68. The Morgan fingerprint density at radius 3 is 2.51 bits per heavy atom. The summed E-state index contributed by atoms with van der Waals surface area (Å²) in [4.78, 5) is 14.3. The molecule has 184 valence electrons. The zero-order valence-corrected chi connectivity index (χ0v) is 20.4. The summed E-state index contributed by atoms with van der Waals surface area (Å²) in [5.74, 6) is 1.27. The molecule has 1 N–H and O–H groups in total. The first-order valence-corrected chi connectivity index (χ1v) is 12.2. The average Bonchev–Trinajstić information content (AvgIpc) is 2.89. The van der Waals surface area contributed by atoms with Crippen LogP contribution in [0.3, 0.4) is 0 Å². The Kier molecular flexibility index (Phi) is 8.27. The number of hydrogen-bond acceptors (Lipinski definition) is 5. The van der Waals surface area contributed by atoms with E-state index in [1.807, 2.05) is 79.7 Å². The van der Waals surface area contributed by atoms with E-state index in [0.717, 1.165) is 35.3 Å². The fraction of sp³-hybridized carbons (Fsp3) is 0.345. The molecular weight excluding hydrogens is 442 g/mol. The molecule has 1 aliphatic rings. The van der Waals surface area contributed by atoms with Crippen molar-refractivity contribution < 1.29 is 24.1 Å². The molecule has 6 nitrogen and oxygen atoms in total. The minimum Gasteiger partial charge on any atom is -0.497 e. The zero-order valence-electron chi connectivity index (χ0n) is 20.4. The third kappa shape index (κ3) is 5.95. The first-order chi connectivity index (χ1) is 17.1. The summed E-state index contributed by atoms with van der Waals surface area (Å²) in [6, 6.07) is 23.0. The Morgan fingerprint density at radius 1 is 0.971 bits per heavy atom. The number of ether oxygens (including phenoxy) is 3. The predicted octanol–water partition coefficient (Wildman–Crippen LogP) is 5.70. The summed E-state index contributed by atoms with van der Waals surface area (Å²) in [5.41, 5.74) is 3.02. The lowest BCUT2D eigenvalue weighted by Gasteiger charge is -2.39. The average molecular weight is 476 g/mol. The minimum atomic E-state index is -0.787. The first-order valence-electron chi connectivity index (χ1n) is 12.2. The molecule has 1 heterocycles. The SMILES string of the molecule is CCOc1cc(C(c2cccc(OC)c2)N2CCCCC2C(=O)O)ccc1OCc1ccccc1. The van der Waals surface area contributed by atoms with E-state index in [1.165, 1.54) is 0 Å². The van der Waals surface area contributed by atoms with Gasteiger partial charge in [-0.25, -0.2) is 0 Å². The summed E-state index contributed by atoms with van der Waals surface area (Å²) < 4.78 is 17.6. The molecule has 2 unspecified atom stereocenters. The molecular formula is C29H33NO5. The Labute approximate surface area is 207 Å². The highest BCUT2D eigenvalue weighted by atomic mass is 16.5. The quantitative estimate of drug-likeness (QED) is 0.406. The smallest absolute Gasteiger partial charge is 0.320 e. The number of rotatable bonds is 10. The van der Waals surface area contributed by atoms with Gasteiger partial charge in [0, 0.05) is 0 Å². The third-order valence-electron chi connectivity index (χ3n) is 6.39. The lowest BCUT2D eigenvalue weighted by molar-refractivity contribution is -0.145. The van der Waals surface area contributed by atoms with Gasteiger partial charge in [-0.2, -0.15) is 0 Å². The molecule has 35 heavy (non-hydrogen) atoms. The largest absolute Gasteiger partial charge is 0.497 e. The van der Waals surface area contributed by atoms with Crippen LogP contribution in [0.2, 0.25) is 0 Å². The summed E-state index contributed by atoms with van der Waals surface area (Å²) in [7, 11) is 1.64. The van der Waals surface area contributed by atoms with E-state index in [9.17, 15) is 9.90 Å². The van der Waals surface area contributed by atoms with Crippen molar-refractivity contribution >= 4 is 5.97 Å². The van der Waals surface area contributed by atoms with Gasteiger partial charge in [-0.1, -0.05) is 55.0 Å². The van der Waals surface area contributed by atoms with Crippen molar-refractivity contribution in [2.24, 2.45) is 0 Å². The van der Waals surface area contributed by atoms with Gasteiger partial charge in [0.2, 0.25) is 0 Å². The number of carboxylic acid groups (broad SMARTS) is 1. The molecule has 3 aromatic rings. The van der Waals surface area contributed by atoms with Crippen molar-refractivity contribution in [2.75, 3.05) is 20.3 Å². The summed E-state index contributed by atoms with van der Waals surface area (Å²) in [6.07, 6.45) is 2.50. The number of carboxylic acids is 1. The van der Waals surface area contributed by atoms with Crippen LogP contribution in [0, 0.1) is 0 Å². The van der Waals surface area contributed by atoms with Crippen LogP contribution in [0.25, 0.3) is 0 Å². The molecule has 1 fully saturated rings. The van der Waals surface area contributed by atoms with Crippen molar-refractivity contribution in [3.05, 3.63) is 89.5 Å². The number of methoxy groups -OCH3 is 1. The topological polar surface area (TPSA) is 68.2 Å². The Bertz CT molecular complexity index is 1120. The van der Waals surface area contributed by atoms with Gasteiger partial charge >= 0.3 is 5.97 Å². The van der Waals surface area contributed by atoms with Gasteiger partial charge in [-0.05, 0) is 67.3 Å². The molecule has 4 rings (SSSR count). The van der Waals surface area contributed by atoms with Crippen molar-refractivity contribution in [3.8, 4) is 17.2 Å². The van der Waals surface area contributed by atoms with Crippen LogP contribution >= 0.6 is 0 Å². The highest BCUT2D eigenvalue weighted by Gasteiger charge is 2.35. The van der Waals surface area contributed by atoms with Crippen LogP contribution < -0.4 is 14.2 Å². The van der Waals surface area contributed by atoms with Crippen LogP contribution in [0.5, 0.6) is 17.2 Å². The van der Waals surface area contributed by atoms with Crippen LogP contribution in [0.4, 0.5) is 0 Å². The van der Waals surface area contributed by atoms with Crippen molar-refractivity contribution in [1.29, 1.82) is 0 Å². The van der Waals surface area contributed by atoms with Gasteiger partial charge in [-0.15, -0.1) is 0 Å². The number of aliphatic carboxylic acids is 1. The number of likely N-dealkylation sites (tertiary alicyclic amines) is 1. The van der Waals surface area contributed by atoms with E-state index in [-0.39, 0.29) is 6.04 Å². The van der Waals surface area contributed by atoms with Gasteiger partial charge < -0.3 is 19.3 Å². The van der Waals surface area contributed by atoms with Gasteiger partial charge in [0.1, 0.15) is 18.4 Å². The van der Waals surface area contributed by atoms with Crippen molar-refractivity contribution in [1.82, 2.24) is 4.90 Å². The second kappa shape index (κ2) is 11.8. The van der Waals surface area contributed by atoms with E-state index >= 15 is 0 Å². The Morgan fingerprint density at radius 2 is 1.77 bits per heavy atom. The first kappa shape index (κ1) is 24.6. The van der Waals surface area contributed by atoms with Crippen LogP contribution in [-0.4, -0.2) is 42.3 Å². The molecule has 6 heteroatoms. The fourth-order valence-corrected chi connectivity index (χ4v) is 4.73. The molecule has 0 saturated carbocycles. The maximum atomic E-state index is 12.2. The Balaban J connectivity index is 1.72. The second-order valence-electron chi connectivity index (χ2n) is 8.68. The number of benzene rings is 3. The van der Waals surface area contributed by atoms with E-state index in [4.69, 9.17) is 14.2 Å². The lowest BCUT2D eigenvalue weighted by atomic mass is 9.91. The van der Waals surface area contributed by atoms with Crippen LogP contribution in [-0.2, 0) is 11.4 Å². The van der Waals surface area contributed by atoms with Gasteiger partial charge in [0.15, 0.2) is 11.5 Å². The fourth-order valence-electron chi connectivity index (χ4n) is 4.73. The normalized spacial score (nSPS) is 16.9. The van der Waals surface area contributed by atoms with Gasteiger partial charge in [0.25, 0.3) is 0 Å². The summed E-state index contributed by atoms with van der Waals surface area (Å²) in [5, 5.41) is 10.0. The monoisotopic (exact) mass is 475 g/mol. The van der Waals surface area contributed by atoms with Crippen LogP contribution in [0.15, 0.2) is 72.8 Å². The van der Waals surface area contributed by atoms with E-state index in [1.54, 1.807) is 7.11 Å². The predicted molar refractivity (Wildman–Crippen MR) is 135 cm³/mol. The molecule has 1 aliphatic heterocycles. The van der Waals surface area contributed by atoms with Gasteiger partial charge in [-0.3, -0.25) is 9.69 Å². The maximum Gasteiger partial charge on any atom is 0.320 e. The summed E-state index contributed by atoms with van der Waals surface area (Å²) in [6.45, 7) is 3.58. The summed E-state index contributed by atoms with van der Waals surface area (Å²) >= 11 is 0. The van der Waals surface area contributed by atoms with E-state index in [0.29, 0.717) is 37.7 Å². The molecule has 0 aliphatic carbocycles. The lowest BCUT2D eigenvalue weighted by Crippen LogP contribution is -2.46. The highest BCUT2D eigenvalue weighted by molar-refractivity contribution is 5.73. The minimum absolute atomic E-state index is 0.256. The standard InChI is InChI=1S/C29H33NO5/c1-3-34-27-19-23(15-16-26(27)35-20-21-10-5-4-6-11-21)28(22-12-9-13-24(18-22)33-2)30-17-8-7-14-25(30)29(31)32/h4-6,9-13,15-16,18-19,25,28H,3,7-8,14,17,20H2,1-2H3,(H,31,32). The highest BCUT2D eigenvalue weighted by Crippen LogP contribution is 2.39. The Hall–Kier alpha value is -3.51. The third-order valence-corrected chi connectivity index (χ3v) is 6.39. The van der Waals surface area contributed by atoms with E-state index < -0.39 is 12.0 Å².